The Morgan fingerprint density at radius 2 is 1.84 bits per heavy atom. The van der Waals surface area contributed by atoms with Crippen LogP contribution in [0.25, 0.3) is 11.0 Å². The van der Waals surface area contributed by atoms with Crippen LogP contribution in [0.4, 0.5) is 5.82 Å². The maximum Gasteiger partial charge on any atom is 0.296 e. The van der Waals surface area contributed by atoms with Crippen molar-refractivity contribution in [3.8, 4) is 0 Å². The molecule has 5 nitrogen and oxygen atoms in total. The lowest BCUT2D eigenvalue weighted by molar-refractivity contribution is 0.0970. The minimum absolute atomic E-state index is 0.0488. The van der Waals surface area contributed by atoms with E-state index < -0.39 is 6.04 Å². The summed E-state index contributed by atoms with van der Waals surface area (Å²) in [7, 11) is 0. The van der Waals surface area contributed by atoms with Gasteiger partial charge in [0, 0.05) is 10.7 Å². The first-order valence-corrected chi connectivity index (χ1v) is 10.5. The maximum absolute atomic E-state index is 13.6. The Bertz CT molecular complexity index is 1390. The van der Waals surface area contributed by atoms with Gasteiger partial charge in [-0.25, -0.2) is 4.98 Å². The Balaban J connectivity index is 1.80. The Morgan fingerprint density at radius 1 is 1.06 bits per heavy atom. The molecule has 3 heterocycles. The third kappa shape index (κ3) is 3.13. The second-order valence-electron chi connectivity index (χ2n) is 7.62. The topological polar surface area (TPSA) is 63.4 Å². The van der Waals surface area contributed by atoms with Crippen molar-refractivity contribution in [2.75, 3.05) is 4.90 Å². The van der Waals surface area contributed by atoms with E-state index in [1.165, 1.54) is 5.56 Å². The zero-order valence-corrected chi connectivity index (χ0v) is 17.8. The number of amides is 1. The Morgan fingerprint density at radius 3 is 2.55 bits per heavy atom. The SMILES string of the molecule is CCc1ccc(C2c3c(oc4ccc(Cl)cc4c3=O)C(=O)N2c2cccc(C)n2)cc1. The smallest absolute Gasteiger partial charge is 0.296 e. The van der Waals surface area contributed by atoms with Crippen molar-refractivity contribution in [3.63, 3.8) is 0 Å². The highest BCUT2D eigenvalue weighted by atomic mass is 35.5. The lowest BCUT2D eigenvalue weighted by Crippen LogP contribution is -2.30. The van der Waals surface area contributed by atoms with Crippen LogP contribution >= 0.6 is 11.6 Å². The van der Waals surface area contributed by atoms with E-state index in [9.17, 15) is 9.59 Å². The van der Waals surface area contributed by atoms with E-state index in [1.54, 1.807) is 29.2 Å². The van der Waals surface area contributed by atoms with Crippen molar-refractivity contribution < 1.29 is 9.21 Å². The predicted octanol–water partition coefficient (Wildman–Crippen LogP) is 5.46. The molecule has 2 aromatic carbocycles. The molecule has 1 aliphatic heterocycles. The number of carbonyl (C=O) groups excluding carboxylic acids is 1. The number of halogens is 1. The summed E-state index contributed by atoms with van der Waals surface area (Å²) in [5, 5.41) is 0.790. The van der Waals surface area contributed by atoms with Crippen LogP contribution in [0.15, 0.2) is 69.9 Å². The molecule has 1 aliphatic rings. The number of hydrogen-bond donors (Lipinski definition) is 0. The maximum atomic E-state index is 13.6. The second-order valence-corrected chi connectivity index (χ2v) is 8.06. The van der Waals surface area contributed by atoms with Crippen LogP contribution in [0.1, 0.15) is 45.9 Å². The highest BCUT2D eigenvalue weighted by Crippen LogP contribution is 2.40. The van der Waals surface area contributed by atoms with Crippen molar-refractivity contribution in [2.45, 2.75) is 26.3 Å². The molecule has 0 N–H and O–H groups in total. The van der Waals surface area contributed by atoms with Gasteiger partial charge in [-0.15, -0.1) is 0 Å². The summed E-state index contributed by atoms with van der Waals surface area (Å²) in [6.07, 6.45) is 0.898. The molecular weight excluding hydrogens is 412 g/mol. The fraction of sp³-hybridized carbons (Fsp3) is 0.160. The molecule has 6 heteroatoms. The summed E-state index contributed by atoms with van der Waals surface area (Å²) in [6, 6.07) is 17.6. The quantitative estimate of drug-likeness (QED) is 0.432. The molecule has 2 aromatic heterocycles. The van der Waals surface area contributed by atoms with Gasteiger partial charge in [-0.1, -0.05) is 48.9 Å². The molecule has 0 spiro atoms. The van der Waals surface area contributed by atoms with Crippen LogP contribution in [0, 0.1) is 6.92 Å². The lowest BCUT2D eigenvalue weighted by Gasteiger charge is -2.24. The summed E-state index contributed by atoms with van der Waals surface area (Å²) >= 11 is 6.13. The normalized spacial score (nSPS) is 15.5. The molecule has 0 fully saturated rings. The van der Waals surface area contributed by atoms with Gasteiger partial charge in [0.25, 0.3) is 5.91 Å². The van der Waals surface area contributed by atoms with Crippen molar-refractivity contribution in [3.05, 3.63) is 104 Å². The van der Waals surface area contributed by atoms with Crippen LogP contribution in [-0.4, -0.2) is 10.9 Å². The van der Waals surface area contributed by atoms with Gasteiger partial charge in [0.1, 0.15) is 11.4 Å². The number of hydrogen-bond acceptors (Lipinski definition) is 4. The first-order chi connectivity index (χ1) is 15.0. The van der Waals surface area contributed by atoms with Crippen LogP contribution in [-0.2, 0) is 6.42 Å². The number of fused-ring (bicyclic) bond motifs is 2. The van der Waals surface area contributed by atoms with Gasteiger partial charge in [0.15, 0.2) is 5.43 Å². The molecule has 0 saturated heterocycles. The molecule has 1 atom stereocenters. The summed E-state index contributed by atoms with van der Waals surface area (Å²) in [4.78, 5) is 33.2. The lowest BCUT2D eigenvalue weighted by atomic mass is 9.97. The summed E-state index contributed by atoms with van der Waals surface area (Å²) in [6.45, 7) is 3.94. The third-order valence-corrected chi connectivity index (χ3v) is 5.89. The highest BCUT2D eigenvalue weighted by Gasteiger charge is 2.44. The largest absolute Gasteiger partial charge is 0.450 e. The number of aryl methyl sites for hydroxylation is 2. The van der Waals surface area contributed by atoms with Gasteiger partial charge in [0.05, 0.1) is 17.0 Å². The summed E-state index contributed by atoms with van der Waals surface area (Å²) < 4.78 is 5.95. The van der Waals surface area contributed by atoms with Gasteiger partial charge in [-0.3, -0.25) is 14.5 Å². The molecule has 1 amide bonds. The van der Waals surface area contributed by atoms with E-state index in [0.29, 0.717) is 27.4 Å². The Labute approximate surface area is 183 Å². The first-order valence-electron chi connectivity index (χ1n) is 10.1. The van der Waals surface area contributed by atoms with Crippen molar-refractivity contribution in [2.24, 2.45) is 0 Å². The Hall–Kier alpha value is -3.44. The van der Waals surface area contributed by atoms with Crippen LogP contribution in [0.2, 0.25) is 5.02 Å². The number of anilines is 1. The number of pyridine rings is 1. The third-order valence-electron chi connectivity index (χ3n) is 5.66. The van der Waals surface area contributed by atoms with Gasteiger partial charge < -0.3 is 4.42 Å². The Kier molecular flexibility index (Phi) is 4.63. The number of carbonyl (C=O) groups is 1. The molecule has 0 aliphatic carbocycles. The number of aromatic nitrogens is 1. The molecule has 31 heavy (non-hydrogen) atoms. The zero-order chi connectivity index (χ0) is 21.7. The van der Waals surface area contributed by atoms with E-state index in [-0.39, 0.29) is 17.1 Å². The van der Waals surface area contributed by atoms with E-state index in [1.807, 2.05) is 43.3 Å². The van der Waals surface area contributed by atoms with Crippen molar-refractivity contribution in [1.82, 2.24) is 4.98 Å². The van der Waals surface area contributed by atoms with Gasteiger partial charge >= 0.3 is 0 Å². The van der Waals surface area contributed by atoms with Crippen molar-refractivity contribution >= 4 is 34.3 Å². The summed E-state index contributed by atoms with van der Waals surface area (Å²) in [5.41, 5.74) is 3.16. The van der Waals surface area contributed by atoms with Gasteiger partial charge in [-0.05, 0) is 54.8 Å². The summed E-state index contributed by atoms with van der Waals surface area (Å²) in [5.74, 6) is 0.141. The minimum atomic E-state index is -0.637. The molecule has 1 unspecified atom stereocenters. The first kappa shape index (κ1) is 19.5. The fourth-order valence-electron chi connectivity index (χ4n) is 4.10. The highest BCUT2D eigenvalue weighted by molar-refractivity contribution is 6.31. The van der Waals surface area contributed by atoms with E-state index in [2.05, 4.69) is 11.9 Å². The molecule has 0 bridgehead atoms. The van der Waals surface area contributed by atoms with Crippen LogP contribution in [0.5, 0.6) is 0 Å². The molecular formula is C25H19ClN2O3. The van der Waals surface area contributed by atoms with E-state index in [4.69, 9.17) is 16.0 Å². The molecule has 154 valence electrons. The van der Waals surface area contributed by atoms with Crippen molar-refractivity contribution in [1.29, 1.82) is 0 Å². The molecule has 0 saturated carbocycles. The van der Waals surface area contributed by atoms with Gasteiger partial charge in [-0.2, -0.15) is 0 Å². The molecule has 0 radical (unpaired) electrons. The van der Waals surface area contributed by atoms with E-state index in [0.717, 1.165) is 17.7 Å². The second kappa shape index (κ2) is 7.36. The van der Waals surface area contributed by atoms with Gasteiger partial charge in [0.2, 0.25) is 5.76 Å². The standard InChI is InChI=1S/C25H19ClN2O3/c1-3-15-7-9-16(10-8-15)22-21-23(29)18-13-17(26)11-12-19(18)31-24(21)25(30)28(22)20-6-4-5-14(2)27-20/h4-13,22H,3H2,1-2H3. The minimum Gasteiger partial charge on any atom is -0.450 e. The molecule has 5 rings (SSSR count). The number of nitrogens with zero attached hydrogens (tertiary/aromatic N) is 2. The van der Waals surface area contributed by atoms with E-state index >= 15 is 0 Å². The molecule has 4 aromatic rings. The number of rotatable bonds is 3. The zero-order valence-electron chi connectivity index (χ0n) is 17.1. The average Bonchev–Trinajstić information content (AvgIpc) is 3.07. The monoisotopic (exact) mass is 430 g/mol. The number of benzene rings is 2. The fourth-order valence-corrected chi connectivity index (χ4v) is 4.27. The van der Waals surface area contributed by atoms with Crippen LogP contribution < -0.4 is 10.3 Å². The average molecular weight is 431 g/mol. The van der Waals surface area contributed by atoms with Crippen LogP contribution in [0.3, 0.4) is 0 Å². The predicted molar refractivity (Wildman–Crippen MR) is 121 cm³/mol.